The lowest BCUT2D eigenvalue weighted by Gasteiger charge is -2.16. The lowest BCUT2D eigenvalue weighted by atomic mass is 10.1. The van der Waals surface area contributed by atoms with E-state index in [2.05, 4.69) is 46.4 Å². The lowest BCUT2D eigenvalue weighted by Crippen LogP contribution is -2.18. The van der Waals surface area contributed by atoms with Gasteiger partial charge in [0.05, 0.1) is 36.2 Å². The molecule has 0 aliphatic carbocycles. The van der Waals surface area contributed by atoms with Gasteiger partial charge >= 0.3 is 11.9 Å². The van der Waals surface area contributed by atoms with E-state index in [1.807, 2.05) is 0 Å². The second kappa shape index (κ2) is 13.8. The number of rotatable bonds is 12. The number of tetrazole rings is 1. The topological polar surface area (TPSA) is 251 Å². The normalized spacial score (nSPS) is 10.8. The molecule has 6 aromatic rings. The Hall–Kier alpha value is -7.38. The van der Waals surface area contributed by atoms with Gasteiger partial charge in [0.2, 0.25) is 0 Å². The van der Waals surface area contributed by atoms with Crippen LogP contribution in [-0.2, 0) is 6.42 Å². The zero-order valence-electron chi connectivity index (χ0n) is 25.5. The number of ether oxygens (including phenoxy) is 2. The Morgan fingerprint density at radius 1 is 0.860 bits per heavy atom. The molecule has 0 radical (unpaired) electrons. The fourth-order valence-corrected chi connectivity index (χ4v) is 4.60. The number of halogens is 1. The molecule has 0 atom stereocenters. The summed E-state index contributed by atoms with van der Waals surface area (Å²) in [4.78, 5) is 53.7. The van der Waals surface area contributed by atoms with E-state index in [9.17, 15) is 29.4 Å². The molecule has 20 heteroatoms. The molecule has 4 N–H and O–H groups in total. The zero-order valence-corrected chi connectivity index (χ0v) is 25.5. The number of carbonyl (C=O) groups is 4. The first-order valence-corrected chi connectivity index (χ1v) is 14.2. The number of imidazole rings is 1. The number of hydrogen-bond acceptors (Lipinski definition) is 13. The summed E-state index contributed by atoms with van der Waals surface area (Å²) in [6, 6.07) is 9.93. The maximum absolute atomic E-state index is 15.0. The number of nitrogens with zero attached hydrogens (tertiary/aromatic N) is 9. The van der Waals surface area contributed by atoms with Gasteiger partial charge in [-0.2, -0.15) is 0 Å². The van der Waals surface area contributed by atoms with Crippen LogP contribution in [0.5, 0.6) is 11.5 Å². The number of methoxy groups -OCH3 is 1. The van der Waals surface area contributed by atoms with Gasteiger partial charge in [-0.3, -0.25) is 14.2 Å². The summed E-state index contributed by atoms with van der Waals surface area (Å²) in [5, 5.41) is 47.0. The van der Waals surface area contributed by atoms with Crippen molar-refractivity contribution in [3.05, 3.63) is 101 Å². The molecule has 0 aliphatic heterocycles. The molecule has 252 valence electrons. The number of nitrogens with one attached hydrogen (secondary N) is 2. The van der Waals surface area contributed by atoms with Crippen LogP contribution in [0.25, 0.3) is 11.5 Å². The summed E-state index contributed by atoms with van der Waals surface area (Å²) in [6.45, 7) is -0.241. The molecule has 2 amide bonds. The minimum absolute atomic E-state index is 0.0276. The number of hydrogen-bond donors (Lipinski definition) is 4. The van der Waals surface area contributed by atoms with Crippen LogP contribution in [0.4, 0.5) is 15.8 Å². The van der Waals surface area contributed by atoms with E-state index >= 15 is 4.39 Å². The highest BCUT2D eigenvalue weighted by molar-refractivity contribution is 6.08. The van der Waals surface area contributed by atoms with Crippen LogP contribution >= 0.6 is 0 Å². The summed E-state index contributed by atoms with van der Waals surface area (Å²) in [7, 11) is 1.29. The molecule has 0 bridgehead atoms. The third-order valence-electron chi connectivity index (χ3n) is 7.03. The summed E-state index contributed by atoms with van der Waals surface area (Å²) in [5.41, 5.74) is -1.20. The number of carboxylic acid groups (broad SMARTS) is 2. The Bertz CT molecular complexity index is 2260. The monoisotopic (exact) mass is 683 g/mol. The molecule has 6 rings (SSSR count). The molecular formula is C30H22FN11O8. The standard InChI is InChI=1S/C30H22FN11O8/c1-49-23-13-22(34-28(44)20-3-5-26-37-39-40-42(26)38-20)17(30(47)48)12-24(23)50-9-6-15-10-21(16(29(45)46)11-18(15)31)33-27(43)19-2-4-25(36-35-19)41-8-7-32-14-41/h2-5,7-8,10-14H,6,9H2,1H3,(H,33,43)(H,34,44)(H,45,46)(H,47,48). The number of amides is 2. The van der Waals surface area contributed by atoms with Gasteiger partial charge in [-0.15, -0.1) is 25.0 Å². The predicted octanol–water partition coefficient (Wildman–Crippen LogP) is 2.17. The molecule has 0 unspecified atom stereocenters. The first-order valence-electron chi connectivity index (χ1n) is 14.2. The van der Waals surface area contributed by atoms with E-state index in [-0.39, 0.29) is 64.1 Å². The van der Waals surface area contributed by atoms with Crippen LogP contribution < -0.4 is 20.1 Å². The van der Waals surface area contributed by atoms with Gasteiger partial charge < -0.3 is 30.3 Å². The number of carboxylic acids is 2. The molecule has 2 aromatic carbocycles. The van der Waals surface area contributed by atoms with Gasteiger partial charge in [0.25, 0.3) is 11.8 Å². The SMILES string of the molecule is COc1cc(NC(=O)c2ccc3nnnn3n2)c(C(=O)O)cc1OCCc1cc(NC(=O)c2ccc(-n3ccnc3)nn2)c(C(=O)O)cc1F. The highest BCUT2D eigenvalue weighted by atomic mass is 19.1. The Morgan fingerprint density at radius 2 is 1.58 bits per heavy atom. The van der Waals surface area contributed by atoms with E-state index < -0.39 is 35.1 Å². The minimum atomic E-state index is -1.49. The highest BCUT2D eigenvalue weighted by Gasteiger charge is 2.22. The van der Waals surface area contributed by atoms with Crippen molar-refractivity contribution in [3.63, 3.8) is 0 Å². The first-order chi connectivity index (χ1) is 24.1. The third kappa shape index (κ3) is 6.83. The smallest absolute Gasteiger partial charge is 0.337 e. The van der Waals surface area contributed by atoms with Crippen molar-refractivity contribution in [1.29, 1.82) is 0 Å². The summed E-state index contributed by atoms with van der Waals surface area (Å²) >= 11 is 0. The van der Waals surface area contributed by atoms with Crippen molar-refractivity contribution in [3.8, 4) is 17.3 Å². The van der Waals surface area contributed by atoms with Crippen molar-refractivity contribution in [2.45, 2.75) is 6.42 Å². The molecule has 0 saturated heterocycles. The second-order valence-corrected chi connectivity index (χ2v) is 10.1. The molecule has 19 nitrogen and oxygen atoms in total. The maximum Gasteiger partial charge on any atom is 0.337 e. The average molecular weight is 684 g/mol. The molecule has 0 fully saturated rings. The van der Waals surface area contributed by atoms with E-state index in [0.717, 1.165) is 22.8 Å². The van der Waals surface area contributed by atoms with Gasteiger partial charge in [0.1, 0.15) is 12.1 Å². The molecular weight excluding hydrogens is 661 g/mol. The summed E-state index contributed by atoms with van der Waals surface area (Å²) in [6.07, 6.45) is 4.50. The van der Waals surface area contributed by atoms with Gasteiger partial charge in [0.15, 0.2) is 34.4 Å². The van der Waals surface area contributed by atoms with E-state index in [4.69, 9.17) is 9.47 Å². The number of fused-ring (bicyclic) bond motifs is 1. The van der Waals surface area contributed by atoms with E-state index in [1.165, 1.54) is 50.0 Å². The maximum atomic E-state index is 15.0. The van der Waals surface area contributed by atoms with Gasteiger partial charge in [-0.1, -0.05) is 0 Å². The number of benzene rings is 2. The van der Waals surface area contributed by atoms with Gasteiger partial charge in [-0.25, -0.2) is 19.0 Å². The molecule has 4 aromatic heterocycles. The van der Waals surface area contributed by atoms with Crippen LogP contribution in [0, 0.1) is 5.82 Å². The third-order valence-corrected chi connectivity index (χ3v) is 7.03. The molecule has 0 spiro atoms. The highest BCUT2D eigenvalue weighted by Crippen LogP contribution is 2.34. The van der Waals surface area contributed by atoms with Crippen LogP contribution in [0.3, 0.4) is 0 Å². The molecule has 0 saturated carbocycles. The Labute approximate surface area is 278 Å². The second-order valence-electron chi connectivity index (χ2n) is 10.1. The average Bonchev–Trinajstić information content (AvgIpc) is 3.82. The Balaban J connectivity index is 1.17. The van der Waals surface area contributed by atoms with Crippen molar-refractivity contribution in [2.75, 3.05) is 24.4 Å². The quantitative estimate of drug-likeness (QED) is 0.144. The van der Waals surface area contributed by atoms with Gasteiger partial charge in [-0.05, 0) is 52.4 Å². The Morgan fingerprint density at radius 3 is 2.26 bits per heavy atom. The van der Waals surface area contributed by atoms with Crippen molar-refractivity contribution in [1.82, 2.24) is 45.0 Å². The lowest BCUT2D eigenvalue weighted by molar-refractivity contribution is 0.0686. The van der Waals surface area contributed by atoms with E-state index in [0.29, 0.717) is 5.82 Å². The number of anilines is 2. The summed E-state index contributed by atoms with van der Waals surface area (Å²) in [5.74, 6) is -4.98. The molecule has 4 heterocycles. The number of carbonyl (C=O) groups excluding carboxylic acids is 2. The Kier molecular flexibility index (Phi) is 8.97. The largest absolute Gasteiger partial charge is 0.493 e. The van der Waals surface area contributed by atoms with Crippen LogP contribution in [0.1, 0.15) is 47.3 Å². The number of aromatic carboxylic acids is 2. The summed E-state index contributed by atoms with van der Waals surface area (Å²) < 4.78 is 28.7. The molecule has 50 heavy (non-hydrogen) atoms. The fraction of sp³-hybridized carbons (Fsp3) is 0.100. The van der Waals surface area contributed by atoms with E-state index in [1.54, 1.807) is 10.8 Å². The van der Waals surface area contributed by atoms with Crippen molar-refractivity contribution < 1.29 is 43.3 Å². The van der Waals surface area contributed by atoms with Crippen LogP contribution in [-0.4, -0.2) is 92.7 Å². The van der Waals surface area contributed by atoms with Crippen molar-refractivity contribution >= 4 is 40.8 Å². The van der Waals surface area contributed by atoms with Crippen LogP contribution in [0.2, 0.25) is 0 Å². The zero-order chi connectivity index (χ0) is 35.4. The van der Waals surface area contributed by atoms with Crippen LogP contribution in [0.15, 0.2) is 67.3 Å². The van der Waals surface area contributed by atoms with Gasteiger partial charge in [0, 0.05) is 30.9 Å². The molecule has 0 aliphatic rings. The minimum Gasteiger partial charge on any atom is -0.493 e. The van der Waals surface area contributed by atoms with Crippen molar-refractivity contribution in [2.24, 2.45) is 0 Å². The number of aromatic nitrogens is 9. The predicted molar refractivity (Wildman–Crippen MR) is 166 cm³/mol. The fourth-order valence-electron chi connectivity index (χ4n) is 4.60. The first kappa shape index (κ1) is 32.6.